The molecule has 0 spiro atoms. The van der Waals surface area contributed by atoms with Gasteiger partial charge in [-0.05, 0) is 25.5 Å². The zero-order chi connectivity index (χ0) is 12.7. The molecule has 4 heteroatoms. The van der Waals surface area contributed by atoms with Crippen molar-refractivity contribution in [2.45, 2.75) is 32.9 Å². The molecule has 1 unspecified atom stereocenters. The number of hydrogen-bond donors (Lipinski definition) is 1. The molecule has 0 aliphatic rings. The van der Waals surface area contributed by atoms with Crippen LogP contribution in [0.25, 0.3) is 0 Å². The van der Waals surface area contributed by atoms with E-state index in [0.29, 0.717) is 12.6 Å². The smallest absolute Gasteiger partial charge is 0.0637 e. The minimum atomic E-state index is 0.479. The van der Waals surface area contributed by atoms with Crippen LogP contribution in [0, 0.1) is 0 Å². The topological polar surface area (TPSA) is 51.4 Å². The fourth-order valence-corrected chi connectivity index (χ4v) is 1.77. The summed E-state index contributed by atoms with van der Waals surface area (Å²) in [6.07, 6.45) is 2.92. The summed E-state index contributed by atoms with van der Waals surface area (Å²) >= 11 is 0. The molecule has 2 N–H and O–H groups in total. The maximum absolute atomic E-state index is 5.62. The fourth-order valence-electron chi connectivity index (χ4n) is 1.77. The van der Waals surface area contributed by atoms with E-state index in [-0.39, 0.29) is 0 Å². The van der Waals surface area contributed by atoms with Gasteiger partial charge in [0.15, 0.2) is 0 Å². The van der Waals surface area contributed by atoms with Crippen LogP contribution in [-0.4, -0.2) is 31.3 Å². The first-order valence-electron chi connectivity index (χ1n) is 6.13. The Morgan fingerprint density at radius 1 is 1.53 bits per heavy atom. The van der Waals surface area contributed by atoms with Crippen molar-refractivity contribution in [1.29, 1.82) is 0 Å². The molecule has 1 rings (SSSR count). The molecular weight excluding hydrogens is 214 g/mol. The molecule has 0 amide bonds. The van der Waals surface area contributed by atoms with Crippen LogP contribution in [0.2, 0.25) is 0 Å². The first-order valence-corrected chi connectivity index (χ1v) is 6.13. The molecule has 0 saturated carbocycles. The van der Waals surface area contributed by atoms with Gasteiger partial charge in [0.05, 0.1) is 12.3 Å². The van der Waals surface area contributed by atoms with Gasteiger partial charge in [-0.25, -0.2) is 0 Å². The Morgan fingerprint density at radius 3 is 2.88 bits per heavy atom. The van der Waals surface area contributed by atoms with Gasteiger partial charge in [-0.1, -0.05) is 6.92 Å². The van der Waals surface area contributed by atoms with E-state index >= 15 is 0 Å². The summed E-state index contributed by atoms with van der Waals surface area (Å²) in [5.41, 5.74) is 7.72. The van der Waals surface area contributed by atoms with Crippen LogP contribution in [0.1, 0.15) is 26.0 Å². The van der Waals surface area contributed by atoms with Crippen LogP contribution in [0.5, 0.6) is 0 Å². The highest BCUT2D eigenvalue weighted by atomic mass is 16.5. The third kappa shape index (κ3) is 3.98. The fraction of sp³-hybridized carbons (Fsp3) is 0.615. The summed E-state index contributed by atoms with van der Waals surface area (Å²) in [6, 6.07) is 4.57. The second-order valence-electron chi connectivity index (χ2n) is 4.15. The van der Waals surface area contributed by atoms with E-state index in [1.54, 1.807) is 7.11 Å². The van der Waals surface area contributed by atoms with Crippen LogP contribution in [0.4, 0.5) is 5.69 Å². The van der Waals surface area contributed by atoms with E-state index in [0.717, 1.165) is 25.3 Å². The standard InChI is InChI=1S/C13H23N3O/c1-4-11(2)16(7-8-17-3)13-5-6-15-12(9-13)10-14/h5-6,9,11H,4,7-8,10,14H2,1-3H3. The summed E-state index contributed by atoms with van der Waals surface area (Å²) < 4.78 is 5.16. The first kappa shape index (κ1) is 13.9. The largest absolute Gasteiger partial charge is 0.383 e. The number of methoxy groups -OCH3 is 1. The zero-order valence-electron chi connectivity index (χ0n) is 11.0. The van der Waals surface area contributed by atoms with Crippen LogP contribution in [-0.2, 0) is 11.3 Å². The van der Waals surface area contributed by atoms with Crippen molar-refractivity contribution in [2.75, 3.05) is 25.2 Å². The van der Waals surface area contributed by atoms with Crippen molar-refractivity contribution < 1.29 is 4.74 Å². The van der Waals surface area contributed by atoms with Gasteiger partial charge in [0.2, 0.25) is 0 Å². The first-order chi connectivity index (χ1) is 8.22. The lowest BCUT2D eigenvalue weighted by Crippen LogP contribution is -2.35. The number of hydrogen-bond acceptors (Lipinski definition) is 4. The molecule has 4 nitrogen and oxygen atoms in total. The number of nitrogens with zero attached hydrogens (tertiary/aromatic N) is 2. The molecule has 0 aromatic carbocycles. The van der Waals surface area contributed by atoms with Crippen molar-refractivity contribution in [2.24, 2.45) is 5.73 Å². The maximum atomic E-state index is 5.62. The molecule has 0 bridgehead atoms. The molecule has 1 heterocycles. The van der Waals surface area contributed by atoms with Gasteiger partial charge in [0.25, 0.3) is 0 Å². The Balaban J connectivity index is 2.86. The summed E-state index contributed by atoms with van der Waals surface area (Å²) in [6.45, 7) is 6.50. The summed E-state index contributed by atoms with van der Waals surface area (Å²) in [7, 11) is 1.73. The number of ether oxygens (including phenoxy) is 1. The van der Waals surface area contributed by atoms with Gasteiger partial charge in [0, 0.05) is 38.1 Å². The molecule has 96 valence electrons. The Morgan fingerprint density at radius 2 is 2.29 bits per heavy atom. The van der Waals surface area contributed by atoms with Crippen molar-refractivity contribution in [1.82, 2.24) is 4.98 Å². The van der Waals surface area contributed by atoms with Gasteiger partial charge in [-0.15, -0.1) is 0 Å². The quantitative estimate of drug-likeness (QED) is 0.785. The molecule has 1 atom stereocenters. The summed E-state index contributed by atoms with van der Waals surface area (Å²) in [4.78, 5) is 6.56. The van der Waals surface area contributed by atoms with Crippen molar-refractivity contribution >= 4 is 5.69 Å². The third-order valence-corrected chi connectivity index (χ3v) is 3.00. The molecular formula is C13H23N3O. The predicted octanol–water partition coefficient (Wildman–Crippen LogP) is 1.79. The summed E-state index contributed by atoms with van der Waals surface area (Å²) in [5.74, 6) is 0. The van der Waals surface area contributed by atoms with E-state index in [4.69, 9.17) is 10.5 Å². The molecule has 0 fully saturated rings. The highest BCUT2D eigenvalue weighted by molar-refractivity contribution is 5.47. The monoisotopic (exact) mass is 237 g/mol. The maximum Gasteiger partial charge on any atom is 0.0637 e. The Bertz CT molecular complexity index is 330. The molecule has 0 saturated heterocycles. The number of anilines is 1. The lowest BCUT2D eigenvalue weighted by atomic mass is 10.2. The van der Waals surface area contributed by atoms with Gasteiger partial charge in [-0.2, -0.15) is 0 Å². The predicted molar refractivity (Wildman–Crippen MR) is 71.1 cm³/mol. The van der Waals surface area contributed by atoms with Gasteiger partial charge in [-0.3, -0.25) is 4.98 Å². The Kier molecular flexibility index (Phi) is 5.94. The number of pyridine rings is 1. The Labute approximate surface area is 104 Å². The lowest BCUT2D eigenvalue weighted by molar-refractivity contribution is 0.203. The molecule has 0 aliphatic carbocycles. The SMILES string of the molecule is CCC(C)N(CCOC)c1ccnc(CN)c1. The number of nitrogens with two attached hydrogens (primary N) is 1. The van der Waals surface area contributed by atoms with Gasteiger partial charge >= 0.3 is 0 Å². The molecule has 0 aliphatic heterocycles. The van der Waals surface area contributed by atoms with Crippen molar-refractivity contribution in [3.63, 3.8) is 0 Å². The highest BCUT2D eigenvalue weighted by Crippen LogP contribution is 2.18. The molecule has 1 aromatic heterocycles. The molecule has 1 aromatic rings. The highest BCUT2D eigenvalue weighted by Gasteiger charge is 2.13. The minimum Gasteiger partial charge on any atom is -0.383 e. The van der Waals surface area contributed by atoms with E-state index in [1.165, 1.54) is 5.69 Å². The van der Waals surface area contributed by atoms with Crippen molar-refractivity contribution in [3.8, 4) is 0 Å². The normalized spacial score (nSPS) is 12.5. The van der Waals surface area contributed by atoms with E-state index in [1.807, 2.05) is 12.3 Å². The van der Waals surface area contributed by atoms with Crippen molar-refractivity contribution in [3.05, 3.63) is 24.0 Å². The summed E-state index contributed by atoms with van der Waals surface area (Å²) in [5, 5.41) is 0. The number of aromatic nitrogens is 1. The molecule has 17 heavy (non-hydrogen) atoms. The van der Waals surface area contributed by atoms with E-state index < -0.39 is 0 Å². The zero-order valence-corrected chi connectivity index (χ0v) is 11.0. The third-order valence-electron chi connectivity index (χ3n) is 3.00. The average Bonchev–Trinajstić information content (AvgIpc) is 2.39. The van der Waals surface area contributed by atoms with Crippen LogP contribution < -0.4 is 10.6 Å². The van der Waals surface area contributed by atoms with Crippen LogP contribution >= 0.6 is 0 Å². The van der Waals surface area contributed by atoms with Gasteiger partial charge in [0.1, 0.15) is 0 Å². The van der Waals surface area contributed by atoms with Crippen LogP contribution in [0.3, 0.4) is 0 Å². The van der Waals surface area contributed by atoms with Gasteiger partial charge < -0.3 is 15.4 Å². The molecule has 0 radical (unpaired) electrons. The second kappa shape index (κ2) is 7.25. The minimum absolute atomic E-state index is 0.479. The Hall–Kier alpha value is -1.13. The lowest BCUT2D eigenvalue weighted by Gasteiger charge is -2.30. The number of rotatable bonds is 7. The van der Waals surface area contributed by atoms with Crippen LogP contribution in [0.15, 0.2) is 18.3 Å². The van der Waals surface area contributed by atoms with E-state index in [9.17, 15) is 0 Å². The van der Waals surface area contributed by atoms with E-state index in [2.05, 4.69) is 29.8 Å². The second-order valence-corrected chi connectivity index (χ2v) is 4.15. The average molecular weight is 237 g/mol.